The van der Waals surface area contributed by atoms with Gasteiger partial charge in [-0.2, -0.15) is 0 Å². The Kier molecular flexibility index (Phi) is 5.20. The zero-order chi connectivity index (χ0) is 13.7. The predicted molar refractivity (Wildman–Crippen MR) is 76.1 cm³/mol. The lowest BCUT2D eigenvalue weighted by molar-refractivity contribution is 0.114. The van der Waals surface area contributed by atoms with Crippen LogP contribution in [0.3, 0.4) is 0 Å². The van der Waals surface area contributed by atoms with Crippen LogP contribution in [0.1, 0.15) is 44.6 Å². The van der Waals surface area contributed by atoms with Crippen molar-refractivity contribution in [1.29, 1.82) is 0 Å². The van der Waals surface area contributed by atoms with Crippen LogP contribution < -0.4 is 10.1 Å². The number of halogens is 1. The molecule has 1 aliphatic rings. The van der Waals surface area contributed by atoms with Gasteiger partial charge in [-0.15, -0.1) is 0 Å². The second kappa shape index (κ2) is 6.90. The molecule has 0 heterocycles. The Morgan fingerprint density at radius 2 is 2.11 bits per heavy atom. The first kappa shape index (κ1) is 14.3. The lowest BCUT2D eigenvalue weighted by Crippen LogP contribution is -2.45. The van der Waals surface area contributed by atoms with Crippen LogP contribution in [0.25, 0.3) is 0 Å². The molecule has 1 saturated carbocycles. The highest BCUT2D eigenvalue weighted by molar-refractivity contribution is 5.29. The van der Waals surface area contributed by atoms with Crippen LogP contribution >= 0.6 is 0 Å². The minimum Gasteiger partial charge on any atom is -0.489 e. The molecule has 19 heavy (non-hydrogen) atoms. The van der Waals surface area contributed by atoms with E-state index in [0.717, 1.165) is 25.1 Å². The first-order valence-electron chi connectivity index (χ1n) is 7.37. The molecule has 2 rings (SSSR count). The number of hydrogen-bond acceptors (Lipinski definition) is 2. The molecule has 0 saturated heterocycles. The van der Waals surface area contributed by atoms with Gasteiger partial charge >= 0.3 is 0 Å². The summed E-state index contributed by atoms with van der Waals surface area (Å²) >= 11 is 0. The van der Waals surface area contributed by atoms with Crippen LogP contribution in [-0.2, 0) is 0 Å². The standard InChI is InChI=1S/C16H24FNO/c1-3-10-18-15-6-4-5-7-16(15)19-13-8-9-14(17)12(2)11-13/h8-9,11,15-16,18H,3-7,10H2,1-2H3. The van der Waals surface area contributed by atoms with Crippen molar-refractivity contribution in [3.05, 3.63) is 29.6 Å². The van der Waals surface area contributed by atoms with Gasteiger partial charge in [0.2, 0.25) is 0 Å². The van der Waals surface area contributed by atoms with Crippen LogP contribution in [0.15, 0.2) is 18.2 Å². The smallest absolute Gasteiger partial charge is 0.126 e. The van der Waals surface area contributed by atoms with Crippen molar-refractivity contribution in [3.63, 3.8) is 0 Å². The maximum atomic E-state index is 13.3. The highest BCUT2D eigenvalue weighted by atomic mass is 19.1. The van der Waals surface area contributed by atoms with E-state index in [9.17, 15) is 4.39 Å². The first-order chi connectivity index (χ1) is 9.20. The zero-order valence-corrected chi connectivity index (χ0v) is 11.9. The maximum Gasteiger partial charge on any atom is 0.126 e. The molecule has 1 aromatic rings. The molecule has 106 valence electrons. The average Bonchev–Trinajstić information content (AvgIpc) is 2.42. The summed E-state index contributed by atoms with van der Waals surface area (Å²) in [5, 5.41) is 3.57. The Hall–Kier alpha value is -1.09. The van der Waals surface area contributed by atoms with Crippen LogP contribution in [0.2, 0.25) is 0 Å². The molecule has 0 spiro atoms. The average molecular weight is 265 g/mol. The van der Waals surface area contributed by atoms with Gasteiger partial charge in [0, 0.05) is 6.04 Å². The van der Waals surface area contributed by atoms with Gasteiger partial charge in [0.15, 0.2) is 0 Å². The molecule has 1 N–H and O–H groups in total. The number of benzene rings is 1. The topological polar surface area (TPSA) is 21.3 Å². The summed E-state index contributed by atoms with van der Waals surface area (Å²) in [7, 11) is 0. The van der Waals surface area contributed by atoms with Crippen molar-refractivity contribution < 1.29 is 9.13 Å². The van der Waals surface area contributed by atoms with E-state index in [1.165, 1.54) is 25.3 Å². The van der Waals surface area contributed by atoms with E-state index in [-0.39, 0.29) is 11.9 Å². The number of hydrogen-bond donors (Lipinski definition) is 1. The van der Waals surface area contributed by atoms with Gasteiger partial charge in [0.05, 0.1) is 0 Å². The molecule has 1 aromatic carbocycles. The molecule has 0 radical (unpaired) electrons. The van der Waals surface area contributed by atoms with E-state index in [0.29, 0.717) is 11.6 Å². The zero-order valence-electron chi connectivity index (χ0n) is 11.9. The normalized spacial score (nSPS) is 23.3. The Morgan fingerprint density at radius 3 is 2.84 bits per heavy atom. The third-order valence-electron chi connectivity index (χ3n) is 3.78. The third-order valence-corrected chi connectivity index (χ3v) is 3.78. The van der Waals surface area contributed by atoms with Crippen molar-refractivity contribution in [3.8, 4) is 5.75 Å². The largest absolute Gasteiger partial charge is 0.489 e. The summed E-state index contributed by atoms with van der Waals surface area (Å²) in [6.07, 6.45) is 6.09. The summed E-state index contributed by atoms with van der Waals surface area (Å²) in [4.78, 5) is 0. The van der Waals surface area contributed by atoms with E-state index >= 15 is 0 Å². The fourth-order valence-corrected chi connectivity index (χ4v) is 2.67. The minimum absolute atomic E-state index is 0.170. The van der Waals surface area contributed by atoms with Gasteiger partial charge in [-0.25, -0.2) is 4.39 Å². The van der Waals surface area contributed by atoms with Crippen molar-refractivity contribution in [2.45, 2.75) is 58.1 Å². The number of nitrogens with one attached hydrogen (secondary N) is 1. The molecule has 0 amide bonds. The quantitative estimate of drug-likeness (QED) is 0.873. The molecular formula is C16H24FNO. The van der Waals surface area contributed by atoms with Gasteiger partial charge in [0.25, 0.3) is 0 Å². The molecule has 1 aliphatic carbocycles. The van der Waals surface area contributed by atoms with Gasteiger partial charge < -0.3 is 10.1 Å². The molecule has 1 fully saturated rings. The summed E-state index contributed by atoms with van der Waals surface area (Å²) in [5.41, 5.74) is 0.645. The maximum absolute atomic E-state index is 13.3. The molecule has 2 nitrogen and oxygen atoms in total. The van der Waals surface area contributed by atoms with Crippen LogP contribution in [0.5, 0.6) is 5.75 Å². The summed E-state index contributed by atoms with van der Waals surface area (Å²) in [6.45, 7) is 4.98. The molecule has 0 aromatic heterocycles. The Balaban J connectivity index is 1.99. The molecule has 0 aliphatic heterocycles. The molecular weight excluding hydrogens is 241 g/mol. The van der Waals surface area contributed by atoms with Gasteiger partial charge in [-0.05, 0) is 62.9 Å². The summed E-state index contributed by atoms with van der Waals surface area (Å²) in [6, 6.07) is 5.44. The van der Waals surface area contributed by atoms with Crippen molar-refractivity contribution in [1.82, 2.24) is 5.32 Å². The third kappa shape index (κ3) is 3.93. The van der Waals surface area contributed by atoms with E-state index in [2.05, 4.69) is 12.2 Å². The second-order valence-corrected chi connectivity index (χ2v) is 5.41. The lowest BCUT2D eigenvalue weighted by atomic mass is 9.92. The highest BCUT2D eigenvalue weighted by Crippen LogP contribution is 2.25. The van der Waals surface area contributed by atoms with E-state index in [1.807, 2.05) is 0 Å². The molecule has 2 atom stereocenters. The minimum atomic E-state index is -0.170. The van der Waals surface area contributed by atoms with Gasteiger partial charge in [-0.1, -0.05) is 13.3 Å². The van der Waals surface area contributed by atoms with Crippen LogP contribution in [-0.4, -0.2) is 18.7 Å². The van der Waals surface area contributed by atoms with Gasteiger partial charge in [0.1, 0.15) is 17.7 Å². The van der Waals surface area contributed by atoms with Crippen LogP contribution in [0, 0.1) is 12.7 Å². The van der Waals surface area contributed by atoms with Crippen LogP contribution in [0.4, 0.5) is 4.39 Å². The highest BCUT2D eigenvalue weighted by Gasteiger charge is 2.26. The number of ether oxygens (including phenoxy) is 1. The van der Waals surface area contributed by atoms with Crippen molar-refractivity contribution in [2.75, 3.05) is 6.54 Å². The number of aryl methyl sites for hydroxylation is 1. The first-order valence-corrected chi connectivity index (χ1v) is 7.37. The SMILES string of the molecule is CCCNC1CCCCC1Oc1ccc(F)c(C)c1. The Morgan fingerprint density at radius 1 is 1.32 bits per heavy atom. The van der Waals surface area contributed by atoms with E-state index < -0.39 is 0 Å². The lowest BCUT2D eigenvalue weighted by Gasteiger charge is -2.32. The Bertz CT molecular complexity index is 408. The van der Waals surface area contributed by atoms with Gasteiger partial charge in [-0.3, -0.25) is 0 Å². The fourth-order valence-electron chi connectivity index (χ4n) is 2.67. The molecule has 0 bridgehead atoms. The summed E-state index contributed by atoms with van der Waals surface area (Å²) in [5.74, 6) is 0.616. The predicted octanol–water partition coefficient (Wildman–Crippen LogP) is 3.82. The van der Waals surface area contributed by atoms with Crippen molar-refractivity contribution >= 4 is 0 Å². The fraction of sp³-hybridized carbons (Fsp3) is 0.625. The monoisotopic (exact) mass is 265 g/mol. The molecule has 2 unspecified atom stereocenters. The number of rotatable bonds is 5. The Labute approximate surface area is 115 Å². The molecule has 3 heteroatoms. The van der Waals surface area contributed by atoms with E-state index in [4.69, 9.17) is 4.74 Å². The summed E-state index contributed by atoms with van der Waals surface area (Å²) < 4.78 is 19.3. The van der Waals surface area contributed by atoms with Crippen molar-refractivity contribution in [2.24, 2.45) is 0 Å². The second-order valence-electron chi connectivity index (χ2n) is 5.41. The van der Waals surface area contributed by atoms with E-state index in [1.54, 1.807) is 19.1 Å².